The zero-order valence-corrected chi connectivity index (χ0v) is 12.9. The van der Waals surface area contributed by atoms with E-state index in [-0.39, 0.29) is 0 Å². The maximum Gasteiger partial charge on any atom is 0.488 e. The lowest BCUT2D eigenvalue weighted by Gasteiger charge is -2.36. The van der Waals surface area contributed by atoms with Gasteiger partial charge in [0, 0.05) is 38.8 Å². The van der Waals surface area contributed by atoms with E-state index in [1.807, 2.05) is 0 Å². The fraction of sp³-hybridized carbons (Fsp3) is 0.600. The fourth-order valence-electron chi connectivity index (χ4n) is 2.53. The maximum absolute atomic E-state index is 9.03. The summed E-state index contributed by atoms with van der Waals surface area (Å²) in [5.41, 5.74) is 0.479. The van der Waals surface area contributed by atoms with Gasteiger partial charge in [-0.2, -0.15) is 0 Å². The summed E-state index contributed by atoms with van der Waals surface area (Å²) >= 11 is 0. The molecule has 0 atom stereocenters. The number of nitrogens with zero attached hydrogens (tertiary/aromatic N) is 2. The molecule has 1 aromatic carbocycles. The Hall–Kier alpha value is -1.08. The van der Waals surface area contributed by atoms with Gasteiger partial charge in [0.2, 0.25) is 0 Å². The molecule has 1 saturated heterocycles. The van der Waals surface area contributed by atoms with Crippen LogP contribution in [0.15, 0.2) is 24.3 Å². The highest BCUT2D eigenvalue weighted by molar-refractivity contribution is 6.58. The van der Waals surface area contributed by atoms with Gasteiger partial charge < -0.3 is 14.8 Å². The highest BCUT2D eigenvalue weighted by atomic mass is 16.5. The minimum absolute atomic E-state index is 0.479. The van der Waals surface area contributed by atoms with Crippen molar-refractivity contribution in [1.82, 2.24) is 9.80 Å². The Balaban J connectivity index is 1.68. The second-order valence-corrected chi connectivity index (χ2v) is 5.76. The molecule has 0 aromatic heterocycles. The molecule has 116 valence electrons. The van der Waals surface area contributed by atoms with Crippen LogP contribution >= 0.6 is 0 Å². The van der Waals surface area contributed by atoms with Crippen LogP contribution in [0.1, 0.15) is 13.8 Å². The molecule has 5 nitrogen and oxygen atoms in total. The van der Waals surface area contributed by atoms with E-state index in [0.29, 0.717) is 18.1 Å². The monoisotopic (exact) mass is 292 g/mol. The van der Waals surface area contributed by atoms with Crippen LogP contribution < -0.4 is 10.2 Å². The van der Waals surface area contributed by atoms with Crippen molar-refractivity contribution in [3.05, 3.63) is 24.3 Å². The highest BCUT2D eigenvalue weighted by Gasteiger charge is 2.18. The molecule has 1 aliphatic rings. The molecule has 0 spiro atoms. The Morgan fingerprint density at radius 3 is 2.24 bits per heavy atom. The first-order valence-electron chi connectivity index (χ1n) is 7.61. The van der Waals surface area contributed by atoms with Crippen LogP contribution in [0.4, 0.5) is 0 Å². The van der Waals surface area contributed by atoms with Gasteiger partial charge in [0.25, 0.3) is 0 Å². The van der Waals surface area contributed by atoms with Crippen molar-refractivity contribution in [3.8, 4) is 5.75 Å². The molecule has 0 amide bonds. The lowest BCUT2D eigenvalue weighted by molar-refractivity contribution is 0.0971. The number of piperazine rings is 1. The number of benzene rings is 1. The summed E-state index contributed by atoms with van der Waals surface area (Å²) in [6.07, 6.45) is 0. The van der Waals surface area contributed by atoms with Crippen LogP contribution in [0, 0.1) is 0 Å². The SMILES string of the molecule is CC(C)N1CCN(CCOc2ccc(B(O)O)cc2)CC1. The maximum atomic E-state index is 9.03. The van der Waals surface area contributed by atoms with E-state index in [1.165, 1.54) is 0 Å². The average molecular weight is 292 g/mol. The van der Waals surface area contributed by atoms with Crippen LogP contribution in [0.25, 0.3) is 0 Å². The molecule has 2 N–H and O–H groups in total. The first kappa shape index (κ1) is 16.3. The number of rotatable bonds is 6. The molecule has 1 aliphatic heterocycles. The summed E-state index contributed by atoms with van der Waals surface area (Å²) in [6.45, 7) is 10.5. The predicted octanol–water partition coefficient (Wildman–Crippen LogP) is -0.229. The second kappa shape index (κ2) is 7.80. The van der Waals surface area contributed by atoms with Crippen molar-refractivity contribution in [1.29, 1.82) is 0 Å². The summed E-state index contributed by atoms with van der Waals surface area (Å²) in [7, 11) is -1.42. The number of hydrogen-bond acceptors (Lipinski definition) is 5. The molecule has 0 saturated carbocycles. The van der Waals surface area contributed by atoms with Gasteiger partial charge >= 0.3 is 7.12 Å². The van der Waals surface area contributed by atoms with Gasteiger partial charge in [0.1, 0.15) is 12.4 Å². The second-order valence-electron chi connectivity index (χ2n) is 5.76. The summed E-state index contributed by atoms with van der Waals surface area (Å²) < 4.78 is 5.70. The molecule has 1 fully saturated rings. The molecule has 1 heterocycles. The van der Waals surface area contributed by atoms with Gasteiger partial charge in [0.15, 0.2) is 0 Å². The Kier molecular flexibility index (Phi) is 6.05. The van der Waals surface area contributed by atoms with Crippen LogP contribution in [0.2, 0.25) is 0 Å². The van der Waals surface area contributed by atoms with Crippen molar-refractivity contribution >= 4 is 12.6 Å². The quantitative estimate of drug-likeness (QED) is 0.710. The van der Waals surface area contributed by atoms with E-state index in [9.17, 15) is 0 Å². The smallest absolute Gasteiger partial charge is 0.488 e. The minimum Gasteiger partial charge on any atom is -0.492 e. The molecule has 1 aromatic rings. The normalized spacial score (nSPS) is 17.2. The van der Waals surface area contributed by atoms with Crippen LogP contribution in [-0.2, 0) is 0 Å². The molecule has 0 aliphatic carbocycles. The van der Waals surface area contributed by atoms with E-state index in [2.05, 4.69) is 23.6 Å². The molecule has 0 unspecified atom stereocenters. The predicted molar refractivity (Wildman–Crippen MR) is 84.9 cm³/mol. The first-order valence-corrected chi connectivity index (χ1v) is 7.61. The lowest BCUT2D eigenvalue weighted by Crippen LogP contribution is -2.49. The van der Waals surface area contributed by atoms with Crippen molar-refractivity contribution in [2.24, 2.45) is 0 Å². The Morgan fingerprint density at radius 2 is 1.71 bits per heavy atom. The van der Waals surface area contributed by atoms with Gasteiger partial charge in [-0.15, -0.1) is 0 Å². The molecule has 0 radical (unpaired) electrons. The topological polar surface area (TPSA) is 56.2 Å². The summed E-state index contributed by atoms with van der Waals surface area (Å²) in [5.74, 6) is 0.764. The van der Waals surface area contributed by atoms with E-state index in [0.717, 1.165) is 38.5 Å². The summed E-state index contributed by atoms with van der Waals surface area (Å²) in [4.78, 5) is 4.92. The van der Waals surface area contributed by atoms with Crippen molar-refractivity contribution < 1.29 is 14.8 Å². The van der Waals surface area contributed by atoms with Gasteiger partial charge in [-0.25, -0.2) is 0 Å². The fourth-order valence-corrected chi connectivity index (χ4v) is 2.53. The highest BCUT2D eigenvalue weighted by Crippen LogP contribution is 2.09. The standard InChI is InChI=1S/C15H25BN2O3/c1-13(2)18-9-7-17(8-10-18)11-12-21-15-5-3-14(4-6-15)16(19)20/h3-6,13,19-20H,7-12H2,1-2H3. The Morgan fingerprint density at radius 1 is 1.10 bits per heavy atom. The Bertz CT molecular complexity index is 417. The van der Waals surface area contributed by atoms with Crippen LogP contribution in [0.3, 0.4) is 0 Å². The van der Waals surface area contributed by atoms with E-state index in [1.54, 1.807) is 24.3 Å². The molecular weight excluding hydrogens is 267 g/mol. The van der Waals surface area contributed by atoms with Crippen molar-refractivity contribution in [2.45, 2.75) is 19.9 Å². The van der Waals surface area contributed by atoms with E-state index >= 15 is 0 Å². The lowest BCUT2D eigenvalue weighted by atomic mass is 9.80. The third-order valence-electron chi connectivity index (χ3n) is 3.99. The van der Waals surface area contributed by atoms with Gasteiger partial charge in [-0.1, -0.05) is 12.1 Å². The van der Waals surface area contributed by atoms with Gasteiger partial charge in [-0.3, -0.25) is 9.80 Å². The average Bonchev–Trinajstić information content (AvgIpc) is 2.48. The van der Waals surface area contributed by atoms with Gasteiger partial charge in [-0.05, 0) is 31.4 Å². The summed E-state index contributed by atoms with van der Waals surface area (Å²) in [5, 5.41) is 18.1. The minimum atomic E-state index is -1.42. The van der Waals surface area contributed by atoms with Crippen molar-refractivity contribution in [2.75, 3.05) is 39.3 Å². The van der Waals surface area contributed by atoms with Gasteiger partial charge in [0.05, 0.1) is 0 Å². The molecular formula is C15H25BN2O3. The van der Waals surface area contributed by atoms with Crippen molar-refractivity contribution in [3.63, 3.8) is 0 Å². The number of ether oxygens (including phenoxy) is 1. The number of hydrogen-bond donors (Lipinski definition) is 2. The van der Waals surface area contributed by atoms with E-state index < -0.39 is 7.12 Å². The van der Waals surface area contributed by atoms with Crippen LogP contribution in [0.5, 0.6) is 5.75 Å². The zero-order chi connectivity index (χ0) is 15.2. The Labute approximate surface area is 127 Å². The van der Waals surface area contributed by atoms with Crippen LogP contribution in [-0.4, -0.2) is 72.3 Å². The zero-order valence-electron chi connectivity index (χ0n) is 12.9. The first-order chi connectivity index (χ1) is 10.1. The van der Waals surface area contributed by atoms with E-state index in [4.69, 9.17) is 14.8 Å². The molecule has 2 rings (SSSR count). The third kappa shape index (κ3) is 5.00. The largest absolute Gasteiger partial charge is 0.492 e. The third-order valence-corrected chi connectivity index (χ3v) is 3.99. The summed E-state index contributed by atoms with van der Waals surface area (Å²) in [6, 6.07) is 7.50. The molecule has 21 heavy (non-hydrogen) atoms. The molecule has 6 heteroatoms. The molecule has 0 bridgehead atoms.